The smallest absolute Gasteiger partial charge is 0.180 e. The zero-order chi connectivity index (χ0) is 23.1. The Morgan fingerprint density at radius 2 is 1.97 bits per heavy atom. The Morgan fingerprint density at radius 3 is 2.85 bits per heavy atom. The third-order valence-electron chi connectivity index (χ3n) is 7.45. The predicted molar refractivity (Wildman–Crippen MR) is 127 cm³/mol. The van der Waals surface area contributed by atoms with Crippen molar-refractivity contribution in [2.45, 2.75) is 31.5 Å². The van der Waals surface area contributed by atoms with Crippen LogP contribution in [0.3, 0.4) is 0 Å². The Hall–Kier alpha value is -2.68. The number of halogens is 1. The fourth-order valence-corrected chi connectivity index (χ4v) is 5.59. The van der Waals surface area contributed by atoms with Gasteiger partial charge >= 0.3 is 0 Å². The second-order valence-electron chi connectivity index (χ2n) is 9.99. The first-order chi connectivity index (χ1) is 16.6. The van der Waals surface area contributed by atoms with Crippen molar-refractivity contribution in [3.8, 4) is 5.75 Å². The number of aliphatic hydroxyl groups is 1. The van der Waals surface area contributed by atoms with Crippen molar-refractivity contribution in [3.05, 3.63) is 53.8 Å². The number of hydrogen-bond donors (Lipinski definition) is 1. The standard InChI is InChI=1S/C26H31FN4O3/c27-20-5-7-25-24(11-20)26(28-34-25)31-9-8-30-13-19(4-6-21(30)14-31)17-33-23-3-1-2-18(10-23)12-29-15-22(32)16-29/h1-3,5,7,10-11,19,21-22,32H,4,6,8-9,12-17H2/t19-,21+/m1/s1. The molecule has 0 spiro atoms. The molecule has 0 radical (unpaired) electrons. The van der Waals surface area contributed by atoms with Crippen LogP contribution in [0.2, 0.25) is 0 Å². The number of aliphatic hydroxyl groups excluding tert-OH is 1. The maximum Gasteiger partial charge on any atom is 0.180 e. The number of ether oxygens (including phenoxy) is 1. The van der Waals surface area contributed by atoms with E-state index in [-0.39, 0.29) is 11.9 Å². The number of likely N-dealkylation sites (tertiary alicyclic amines) is 1. The Kier molecular flexibility index (Phi) is 5.89. The van der Waals surface area contributed by atoms with Crippen LogP contribution in [0, 0.1) is 11.7 Å². The molecule has 0 amide bonds. The van der Waals surface area contributed by atoms with Gasteiger partial charge in [-0.1, -0.05) is 17.3 Å². The minimum atomic E-state index is -0.263. The highest BCUT2D eigenvalue weighted by Gasteiger charge is 2.34. The number of anilines is 1. The van der Waals surface area contributed by atoms with Crippen molar-refractivity contribution in [2.24, 2.45) is 5.92 Å². The first-order valence-electron chi connectivity index (χ1n) is 12.3. The van der Waals surface area contributed by atoms with Gasteiger partial charge in [0, 0.05) is 57.8 Å². The highest BCUT2D eigenvalue weighted by molar-refractivity contribution is 5.88. The number of aromatic nitrogens is 1. The Balaban J connectivity index is 1.02. The van der Waals surface area contributed by atoms with E-state index in [9.17, 15) is 9.50 Å². The number of piperazine rings is 1. The first-order valence-corrected chi connectivity index (χ1v) is 12.3. The Morgan fingerprint density at radius 1 is 1.06 bits per heavy atom. The van der Waals surface area contributed by atoms with Gasteiger partial charge in [-0.3, -0.25) is 9.80 Å². The largest absolute Gasteiger partial charge is 0.493 e. The minimum absolute atomic E-state index is 0.172. The fraction of sp³-hybridized carbons (Fsp3) is 0.500. The second-order valence-corrected chi connectivity index (χ2v) is 9.99. The summed E-state index contributed by atoms with van der Waals surface area (Å²) in [6.07, 6.45) is 2.08. The summed E-state index contributed by atoms with van der Waals surface area (Å²) in [5.74, 6) is 1.93. The maximum atomic E-state index is 13.8. The summed E-state index contributed by atoms with van der Waals surface area (Å²) < 4.78 is 25.4. The van der Waals surface area contributed by atoms with Crippen LogP contribution in [0.1, 0.15) is 18.4 Å². The Bertz CT molecular complexity index is 1150. The summed E-state index contributed by atoms with van der Waals surface area (Å²) in [4.78, 5) is 7.05. The van der Waals surface area contributed by atoms with Gasteiger partial charge in [0.2, 0.25) is 0 Å². The van der Waals surface area contributed by atoms with E-state index in [1.807, 2.05) is 6.07 Å². The van der Waals surface area contributed by atoms with E-state index >= 15 is 0 Å². The molecule has 3 aliphatic heterocycles. The van der Waals surface area contributed by atoms with Crippen LogP contribution in [-0.2, 0) is 6.54 Å². The normalized spacial score (nSPS) is 24.2. The molecular weight excluding hydrogens is 435 g/mol. The number of piperidine rings is 1. The van der Waals surface area contributed by atoms with E-state index in [0.717, 1.165) is 82.2 Å². The molecule has 6 rings (SSSR count). The molecule has 2 aromatic carbocycles. The number of fused-ring (bicyclic) bond motifs is 2. The summed E-state index contributed by atoms with van der Waals surface area (Å²) in [6.45, 7) is 6.84. The number of benzene rings is 2. The molecule has 3 aromatic rings. The lowest BCUT2D eigenvalue weighted by Gasteiger charge is -2.46. The van der Waals surface area contributed by atoms with Crippen LogP contribution in [0.15, 0.2) is 47.0 Å². The minimum Gasteiger partial charge on any atom is -0.493 e. The number of β-amino-alcohol motifs (C(OH)–C–C–N with tert-alkyl or cyclic N) is 1. The lowest BCUT2D eigenvalue weighted by atomic mass is 9.91. The molecule has 1 N–H and O–H groups in total. The van der Waals surface area contributed by atoms with Crippen LogP contribution in [0.5, 0.6) is 5.75 Å². The third kappa shape index (κ3) is 4.50. The van der Waals surface area contributed by atoms with Crippen molar-refractivity contribution in [1.29, 1.82) is 0 Å². The zero-order valence-electron chi connectivity index (χ0n) is 19.3. The molecule has 3 fully saturated rings. The van der Waals surface area contributed by atoms with Gasteiger partial charge in [-0.05, 0) is 48.7 Å². The summed E-state index contributed by atoms with van der Waals surface area (Å²) in [5, 5.41) is 14.5. The molecule has 0 saturated carbocycles. The molecule has 1 aromatic heterocycles. The third-order valence-corrected chi connectivity index (χ3v) is 7.45. The van der Waals surface area contributed by atoms with Gasteiger partial charge < -0.3 is 19.3 Å². The number of hydrogen-bond acceptors (Lipinski definition) is 7. The molecule has 180 valence electrons. The van der Waals surface area contributed by atoms with Crippen molar-refractivity contribution in [3.63, 3.8) is 0 Å². The van der Waals surface area contributed by atoms with Crippen molar-refractivity contribution in [1.82, 2.24) is 15.0 Å². The summed E-state index contributed by atoms with van der Waals surface area (Å²) in [5.41, 5.74) is 1.86. The zero-order valence-corrected chi connectivity index (χ0v) is 19.3. The van der Waals surface area contributed by atoms with Crippen LogP contribution in [0.4, 0.5) is 10.2 Å². The molecule has 7 nitrogen and oxygen atoms in total. The SMILES string of the molecule is OC1CN(Cc2cccc(OC[C@@H]3CC[C@H]4CN(c5noc6ccc(F)cc56)CCN4C3)c2)C1. The molecule has 0 unspecified atom stereocenters. The number of nitrogens with zero attached hydrogens (tertiary/aromatic N) is 4. The molecule has 0 aliphatic carbocycles. The van der Waals surface area contributed by atoms with E-state index in [0.29, 0.717) is 17.5 Å². The van der Waals surface area contributed by atoms with Gasteiger partial charge in [0.25, 0.3) is 0 Å². The van der Waals surface area contributed by atoms with Crippen molar-refractivity contribution in [2.75, 3.05) is 50.8 Å². The van der Waals surface area contributed by atoms with Crippen LogP contribution in [0.25, 0.3) is 11.0 Å². The van der Waals surface area contributed by atoms with Crippen LogP contribution in [-0.4, -0.2) is 78.1 Å². The van der Waals surface area contributed by atoms with Gasteiger partial charge in [0.05, 0.1) is 18.1 Å². The highest BCUT2D eigenvalue weighted by Crippen LogP contribution is 2.32. The molecule has 3 saturated heterocycles. The van der Waals surface area contributed by atoms with E-state index in [1.54, 1.807) is 6.07 Å². The maximum absolute atomic E-state index is 13.8. The molecule has 34 heavy (non-hydrogen) atoms. The van der Waals surface area contributed by atoms with E-state index in [1.165, 1.54) is 17.7 Å². The van der Waals surface area contributed by atoms with Gasteiger partial charge in [0.15, 0.2) is 11.4 Å². The van der Waals surface area contributed by atoms with E-state index in [2.05, 4.69) is 38.1 Å². The van der Waals surface area contributed by atoms with Crippen molar-refractivity contribution >= 4 is 16.8 Å². The second kappa shape index (κ2) is 9.17. The topological polar surface area (TPSA) is 65.2 Å². The summed E-state index contributed by atoms with van der Waals surface area (Å²) in [6, 6.07) is 13.4. The Labute approximate surface area is 198 Å². The monoisotopic (exact) mass is 466 g/mol. The van der Waals surface area contributed by atoms with Crippen LogP contribution >= 0.6 is 0 Å². The molecule has 2 atom stereocenters. The average Bonchev–Trinajstić information content (AvgIpc) is 3.25. The fourth-order valence-electron chi connectivity index (χ4n) is 5.59. The molecule has 8 heteroatoms. The van der Waals surface area contributed by atoms with E-state index in [4.69, 9.17) is 9.26 Å². The molecule has 0 bridgehead atoms. The number of rotatable bonds is 6. The summed E-state index contributed by atoms with van der Waals surface area (Å²) >= 11 is 0. The first kappa shape index (κ1) is 21.8. The van der Waals surface area contributed by atoms with E-state index < -0.39 is 0 Å². The van der Waals surface area contributed by atoms with Gasteiger partial charge in [0.1, 0.15) is 11.6 Å². The molecule has 3 aliphatic rings. The quantitative estimate of drug-likeness (QED) is 0.599. The summed E-state index contributed by atoms with van der Waals surface area (Å²) in [7, 11) is 0. The lowest BCUT2D eigenvalue weighted by molar-refractivity contribution is -0.00290. The highest BCUT2D eigenvalue weighted by atomic mass is 19.1. The predicted octanol–water partition coefficient (Wildman–Crippen LogP) is 3.12. The lowest BCUT2D eigenvalue weighted by Crippen LogP contribution is -2.57. The molecular formula is C26H31FN4O3. The van der Waals surface area contributed by atoms with Gasteiger partial charge in [-0.15, -0.1) is 0 Å². The van der Waals surface area contributed by atoms with Gasteiger partial charge in [-0.25, -0.2) is 4.39 Å². The molecule has 4 heterocycles. The average molecular weight is 467 g/mol. The van der Waals surface area contributed by atoms with Crippen molar-refractivity contribution < 1.29 is 18.8 Å². The van der Waals surface area contributed by atoms with Crippen LogP contribution < -0.4 is 9.64 Å². The van der Waals surface area contributed by atoms with Gasteiger partial charge in [-0.2, -0.15) is 0 Å².